The molecule has 0 spiro atoms. The van der Waals surface area contributed by atoms with E-state index < -0.39 is 0 Å². The molecule has 3 rings (SSSR count). The highest BCUT2D eigenvalue weighted by Crippen LogP contribution is 2.19. The second-order valence-corrected chi connectivity index (χ2v) is 6.52. The Hall–Kier alpha value is -2.96. The molecule has 0 radical (unpaired) electrons. The molecular weight excluding hydrogens is 344 g/mol. The highest BCUT2D eigenvalue weighted by molar-refractivity contribution is 5.93. The normalized spacial score (nSPS) is 14.4. The molecule has 0 aliphatic heterocycles. The van der Waals surface area contributed by atoms with Crippen molar-refractivity contribution in [3.8, 4) is 0 Å². The summed E-state index contributed by atoms with van der Waals surface area (Å²) in [6.45, 7) is 2.11. The molecule has 1 aliphatic carbocycles. The number of anilines is 2. The Kier molecular flexibility index (Phi) is 6.35. The van der Waals surface area contributed by atoms with Crippen molar-refractivity contribution >= 4 is 23.4 Å². The van der Waals surface area contributed by atoms with Crippen LogP contribution in [0.5, 0.6) is 0 Å². The number of carbonyl (C=O) groups excluding carboxylic acids is 2. The van der Waals surface area contributed by atoms with Crippen LogP contribution < -0.4 is 10.6 Å². The van der Waals surface area contributed by atoms with E-state index in [1.165, 1.54) is 12.7 Å². The number of nitrogens with one attached hydrogen (secondary N) is 2. The fourth-order valence-corrected chi connectivity index (χ4v) is 3.11. The van der Waals surface area contributed by atoms with Gasteiger partial charge in [-0.3, -0.25) is 4.79 Å². The molecule has 1 aromatic carbocycles. The van der Waals surface area contributed by atoms with Gasteiger partial charge in [0, 0.05) is 17.8 Å². The minimum absolute atomic E-state index is 0.176. The quantitative estimate of drug-likeness (QED) is 0.759. The number of amides is 1. The summed E-state index contributed by atoms with van der Waals surface area (Å²) in [5, 5.41) is 6.17. The number of hydrogen-bond acceptors (Lipinski definition) is 6. The summed E-state index contributed by atoms with van der Waals surface area (Å²) in [5.74, 6) is -0.0135. The summed E-state index contributed by atoms with van der Waals surface area (Å²) in [6, 6.07) is 8.73. The summed E-state index contributed by atoms with van der Waals surface area (Å²) in [7, 11) is 0. The van der Waals surface area contributed by atoms with Crippen LogP contribution in [0.25, 0.3) is 0 Å². The molecule has 27 heavy (non-hydrogen) atoms. The first-order valence-electron chi connectivity index (χ1n) is 9.33. The number of carbonyl (C=O) groups is 2. The second kappa shape index (κ2) is 9.12. The Morgan fingerprint density at radius 2 is 1.85 bits per heavy atom. The Balaban J connectivity index is 1.63. The van der Waals surface area contributed by atoms with E-state index in [9.17, 15) is 9.59 Å². The summed E-state index contributed by atoms with van der Waals surface area (Å²) >= 11 is 0. The maximum Gasteiger partial charge on any atom is 0.338 e. The van der Waals surface area contributed by atoms with Crippen molar-refractivity contribution in [2.45, 2.75) is 45.1 Å². The first-order valence-corrected chi connectivity index (χ1v) is 9.33. The maximum atomic E-state index is 12.4. The van der Waals surface area contributed by atoms with Crippen molar-refractivity contribution < 1.29 is 14.3 Å². The number of nitrogens with zero attached hydrogens (tertiary/aromatic N) is 2. The van der Waals surface area contributed by atoms with E-state index in [4.69, 9.17) is 4.74 Å². The van der Waals surface area contributed by atoms with Gasteiger partial charge in [0.15, 0.2) is 0 Å². The van der Waals surface area contributed by atoms with Crippen molar-refractivity contribution in [1.29, 1.82) is 0 Å². The molecule has 7 heteroatoms. The number of aromatic nitrogens is 2. The molecule has 142 valence electrons. The van der Waals surface area contributed by atoms with Crippen LogP contribution in [-0.4, -0.2) is 34.5 Å². The number of rotatable bonds is 6. The van der Waals surface area contributed by atoms with Crippen molar-refractivity contribution in [2.75, 3.05) is 11.9 Å². The zero-order valence-electron chi connectivity index (χ0n) is 15.4. The fourth-order valence-electron chi connectivity index (χ4n) is 3.11. The van der Waals surface area contributed by atoms with E-state index in [0.717, 1.165) is 31.4 Å². The van der Waals surface area contributed by atoms with E-state index >= 15 is 0 Å². The molecule has 1 aliphatic rings. The number of ether oxygens (including phenoxy) is 1. The fraction of sp³-hybridized carbons (Fsp3) is 0.400. The Morgan fingerprint density at radius 3 is 2.56 bits per heavy atom. The Bertz CT molecular complexity index is 786. The summed E-state index contributed by atoms with van der Waals surface area (Å²) in [6.07, 6.45) is 6.96. The monoisotopic (exact) mass is 368 g/mol. The SMILES string of the molecule is CCOC(=O)c1ccc(Nc2cc(C(=O)NC3CCCCC3)ncn2)cc1. The van der Waals surface area contributed by atoms with Crippen molar-refractivity contribution in [1.82, 2.24) is 15.3 Å². The lowest BCUT2D eigenvalue weighted by molar-refractivity contribution is 0.0526. The Labute approximate surface area is 158 Å². The van der Waals surface area contributed by atoms with Gasteiger partial charge in [0.05, 0.1) is 12.2 Å². The third-order valence-electron chi connectivity index (χ3n) is 4.51. The van der Waals surface area contributed by atoms with Gasteiger partial charge in [-0.2, -0.15) is 0 Å². The predicted octanol–water partition coefficient (Wildman–Crippen LogP) is 3.46. The largest absolute Gasteiger partial charge is 0.462 e. The second-order valence-electron chi connectivity index (χ2n) is 6.52. The molecule has 1 aromatic heterocycles. The molecule has 0 bridgehead atoms. The molecule has 2 aromatic rings. The molecule has 1 saturated carbocycles. The van der Waals surface area contributed by atoms with Crippen LogP contribution in [-0.2, 0) is 4.74 Å². The van der Waals surface area contributed by atoms with Crippen LogP contribution in [0.15, 0.2) is 36.7 Å². The minimum atomic E-state index is -0.354. The van der Waals surface area contributed by atoms with Crippen molar-refractivity contribution in [3.63, 3.8) is 0 Å². The third kappa shape index (κ3) is 5.26. The van der Waals surface area contributed by atoms with Crippen molar-refractivity contribution in [2.24, 2.45) is 0 Å². The van der Waals surface area contributed by atoms with Crippen LogP contribution in [0, 0.1) is 0 Å². The lowest BCUT2D eigenvalue weighted by atomic mass is 9.95. The third-order valence-corrected chi connectivity index (χ3v) is 4.51. The number of benzene rings is 1. The van der Waals surface area contributed by atoms with Crippen LogP contribution in [0.1, 0.15) is 59.9 Å². The molecule has 0 atom stereocenters. The zero-order chi connectivity index (χ0) is 19.1. The molecule has 1 heterocycles. The van der Waals surface area contributed by atoms with E-state index in [1.807, 2.05) is 0 Å². The summed E-state index contributed by atoms with van der Waals surface area (Å²) in [5.41, 5.74) is 1.57. The molecule has 1 fully saturated rings. The van der Waals surface area contributed by atoms with Crippen LogP contribution in [0.3, 0.4) is 0 Å². The van der Waals surface area contributed by atoms with Crippen LogP contribution in [0.2, 0.25) is 0 Å². The Morgan fingerprint density at radius 1 is 1.11 bits per heavy atom. The first kappa shape index (κ1) is 18.8. The molecule has 2 N–H and O–H groups in total. The molecule has 0 unspecified atom stereocenters. The van der Waals surface area contributed by atoms with E-state index in [1.54, 1.807) is 37.3 Å². The molecular formula is C20H24N4O3. The average molecular weight is 368 g/mol. The van der Waals surface area contributed by atoms with Crippen LogP contribution >= 0.6 is 0 Å². The lowest BCUT2D eigenvalue weighted by Crippen LogP contribution is -2.36. The van der Waals surface area contributed by atoms with E-state index in [2.05, 4.69) is 20.6 Å². The van der Waals surface area contributed by atoms with Crippen molar-refractivity contribution in [3.05, 3.63) is 47.9 Å². The first-order chi connectivity index (χ1) is 13.2. The van der Waals surface area contributed by atoms with Crippen LogP contribution in [0.4, 0.5) is 11.5 Å². The average Bonchev–Trinajstić information content (AvgIpc) is 2.70. The van der Waals surface area contributed by atoms with Gasteiger partial charge in [-0.25, -0.2) is 14.8 Å². The van der Waals surface area contributed by atoms with E-state index in [0.29, 0.717) is 23.7 Å². The highest BCUT2D eigenvalue weighted by atomic mass is 16.5. The van der Waals surface area contributed by atoms with Gasteiger partial charge in [0.1, 0.15) is 17.8 Å². The van der Waals surface area contributed by atoms with Gasteiger partial charge in [-0.1, -0.05) is 19.3 Å². The molecule has 7 nitrogen and oxygen atoms in total. The van der Waals surface area contributed by atoms with Gasteiger partial charge in [0.25, 0.3) is 5.91 Å². The number of hydrogen-bond donors (Lipinski definition) is 2. The smallest absolute Gasteiger partial charge is 0.338 e. The van der Waals surface area contributed by atoms with E-state index in [-0.39, 0.29) is 17.9 Å². The standard InChI is InChI=1S/C20H24N4O3/c1-2-27-20(26)14-8-10-16(11-9-14)23-18-12-17(21-13-22-18)19(25)24-15-6-4-3-5-7-15/h8-13,15H,2-7H2,1H3,(H,24,25)(H,21,22,23). The van der Waals surface area contributed by atoms with Gasteiger partial charge in [-0.05, 0) is 44.0 Å². The van der Waals surface area contributed by atoms with Gasteiger partial charge in [-0.15, -0.1) is 0 Å². The molecule has 0 saturated heterocycles. The van der Waals surface area contributed by atoms with Gasteiger partial charge in [0.2, 0.25) is 0 Å². The maximum absolute atomic E-state index is 12.4. The molecule has 1 amide bonds. The highest BCUT2D eigenvalue weighted by Gasteiger charge is 2.17. The zero-order valence-corrected chi connectivity index (χ0v) is 15.4. The number of esters is 1. The van der Waals surface area contributed by atoms with Gasteiger partial charge < -0.3 is 15.4 Å². The topological polar surface area (TPSA) is 93.2 Å². The minimum Gasteiger partial charge on any atom is -0.462 e. The summed E-state index contributed by atoms with van der Waals surface area (Å²) in [4.78, 5) is 32.3. The van der Waals surface area contributed by atoms with Gasteiger partial charge >= 0.3 is 5.97 Å². The summed E-state index contributed by atoms with van der Waals surface area (Å²) < 4.78 is 4.97. The lowest BCUT2D eigenvalue weighted by Gasteiger charge is -2.22. The predicted molar refractivity (Wildman–Crippen MR) is 102 cm³/mol.